The van der Waals surface area contributed by atoms with Crippen LogP contribution in [0.3, 0.4) is 0 Å². The summed E-state index contributed by atoms with van der Waals surface area (Å²) in [5.74, 6) is -1.91. The number of H-pyrrole nitrogens is 1. The molecule has 0 aliphatic carbocycles. The molecule has 7 nitrogen and oxygen atoms in total. The first-order valence-corrected chi connectivity index (χ1v) is 6.47. The largest absolute Gasteiger partial charge is 0.480 e. The number of fused-ring (bicyclic) bond motifs is 1. The molecule has 2 rings (SSSR count). The summed E-state index contributed by atoms with van der Waals surface area (Å²) in [7, 11) is 0. The molecule has 7 heteroatoms. The number of aromatic amines is 1. The summed E-state index contributed by atoms with van der Waals surface area (Å²) in [6.45, 7) is -0.680. The van der Waals surface area contributed by atoms with Crippen LogP contribution in [-0.2, 0) is 16.0 Å². The molecule has 1 heterocycles. The number of hydrogen-bond donors (Lipinski definition) is 5. The molecular formula is C14H17N3O4. The van der Waals surface area contributed by atoms with E-state index in [4.69, 9.17) is 15.9 Å². The highest BCUT2D eigenvalue weighted by Crippen LogP contribution is 2.18. The Morgan fingerprint density at radius 3 is 2.71 bits per heavy atom. The fourth-order valence-electron chi connectivity index (χ4n) is 2.09. The van der Waals surface area contributed by atoms with E-state index in [1.54, 1.807) is 6.20 Å². The number of carboxylic acids is 1. The summed E-state index contributed by atoms with van der Waals surface area (Å²) < 4.78 is 0. The third-order valence-corrected chi connectivity index (χ3v) is 3.25. The van der Waals surface area contributed by atoms with Gasteiger partial charge in [-0.05, 0) is 18.1 Å². The van der Waals surface area contributed by atoms with Crippen molar-refractivity contribution in [1.82, 2.24) is 10.3 Å². The number of aliphatic hydroxyl groups is 1. The quantitative estimate of drug-likeness (QED) is 0.494. The van der Waals surface area contributed by atoms with Crippen molar-refractivity contribution < 1.29 is 19.8 Å². The van der Waals surface area contributed by atoms with Gasteiger partial charge in [-0.2, -0.15) is 0 Å². The molecule has 0 aliphatic heterocycles. The molecule has 1 aromatic carbocycles. The van der Waals surface area contributed by atoms with Crippen LogP contribution >= 0.6 is 0 Å². The predicted octanol–water partition coefficient (Wildman–Crippen LogP) is -0.401. The van der Waals surface area contributed by atoms with Crippen molar-refractivity contribution in [3.63, 3.8) is 0 Å². The topological polar surface area (TPSA) is 128 Å². The first-order chi connectivity index (χ1) is 10.0. The number of aromatic nitrogens is 1. The van der Waals surface area contributed by atoms with Gasteiger partial charge in [-0.15, -0.1) is 0 Å². The van der Waals surface area contributed by atoms with Gasteiger partial charge < -0.3 is 26.2 Å². The molecule has 0 unspecified atom stereocenters. The second-order valence-electron chi connectivity index (χ2n) is 4.75. The van der Waals surface area contributed by atoms with Crippen LogP contribution in [0.1, 0.15) is 5.56 Å². The second kappa shape index (κ2) is 6.38. The number of carboxylic acid groups (broad SMARTS) is 1. The van der Waals surface area contributed by atoms with Gasteiger partial charge >= 0.3 is 5.97 Å². The summed E-state index contributed by atoms with van der Waals surface area (Å²) in [6.07, 6.45) is 2.05. The van der Waals surface area contributed by atoms with E-state index in [2.05, 4.69) is 10.3 Å². The van der Waals surface area contributed by atoms with Crippen LogP contribution in [0.2, 0.25) is 0 Å². The molecule has 1 amide bonds. The molecule has 6 N–H and O–H groups in total. The predicted molar refractivity (Wildman–Crippen MR) is 76.6 cm³/mol. The van der Waals surface area contributed by atoms with Gasteiger partial charge in [0.25, 0.3) is 0 Å². The molecule has 112 valence electrons. The van der Waals surface area contributed by atoms with Crippen LogP contribution in [0.5, 0.6) is 0 Å². The van der Waals surface area contributed by atoms with Crippen LogP contribution < -0.4 is 11.1 Å². The highest BCUT2D eigenvalue weighted by Gasteiger charge is 2.23. The molecule has 2 atom stereocenters. The summed E-state index contributed by atoms with van der Waals surface area (Å²) in [6, 6.07) is 5.38. The van der Waals surface area contributed by atoms with E-state index in [1.165, 1.54) is 0 Å². The summed E-state index contributed by atoms with van der Waals surface area (Å²) in [5, 5.41) is 20.8. The fourth-order valence-corrected chi connectivity index (χ4v) is 2.09. The zero-order valence-corrected chi connectivity index (χ0v) is 11.2. The van der Waals surface area contributed by atoms with Crippen molar-refractivity contribution in [2.24, 2.45) is 5.73 Å². The number of carbonyl (C=O) groups is 2. The van der Waals surface area contributed by atoms with Crippen LogP contribution in [0.4, 0.5) is 0 Å². The van der Waals surface area contributed by atoms with Crippen LogP contribution in [0.15, 0.2) is 30.5 Å². The van der Waals surface area contributed by atoms with Crippen molar-refractivity contribution in [2.75, 3.05) is 6.61 Å². The maximum atomic E-state index is 11.9. The maximum Gasteiger partial charge on any atom is 0.328 e. The Balaban J connectivity index is 2.05. The number of hydrogen-bond acceptors (Lipinski definition) is 4. The van der Waals surface area contributed by atoms with Gasteiger partial charge in [0.05, 0.1) is 12.6 Å². The molecule has 0 spiro atoms. The lowest BCUT2D eigenvalue weighted by molar-refractivity contribution is -0.143. The average molecular weight is 291 g/mol. The van der Waals surface area contributed by atoms with Crippen LogP contribution in [0.25, 0.3) is 10.9 Å². The van der Waals surface area contributed by atoms with Gasteiger partial charge in [-0.25, -0.2) is 4.79 Å². The van der Waals surface area contributed by atoms with E-state index in [0.717, 1.165) is 16.5 Å². The van der Waals surface area contributed by atoms with Gasteiger partial charge in [0.1, 0.15) is 6.04 Å². The van der Waals surface area contributed by atoms with Gasteiger partial charge in [0.2, 0.25) is 5.91 Å². The van der Waals surface area contributed by atoms with Gasteiger partial charge in [0.15, 0.2) is 0 Å². The monoisotopic (exact) mass is 291 g/mol. The molecule has 1 aromatic heterocycles. The molecular weight excluding hydrogens is 274 g/mol. The molecule has 0 radical (unpaired) electrons. The Labute approximate surface area is 120 Å². The lowest BCUT2D eigenvalue weighted by Crippen LogP contribution is -2.50. The van der Waals surface area contributed by atoms with E-state index in [9.17, 15) is 9.59 Å². The smallest absolute Gasteiger partial charge is 0.328 e. The number of carbonyl (C=O) groups excluding carboxylic acids is 1. The van der Waals surface area contributed by atoms with Crippen molar-refractivity contribution in [2.45, 2.75) is 18.5 Å². The van der Waals surface area contributed by atoms with Gasteiger partial charge in [0, 0.05) is 17.1 Å². The second-order valence-corrected chi connectivity index (χ2v) is 4.75. The number of aliphatic hydroxyl groups excluding tert-OH is 1. The Bertz CT molecular complexity index is 652. The van der Waals surface area contributed by atoms with Gasteiger partial charge in [-0.1, -0.05) is 18.2 Å². The number of para-hydroxylation sites is 1. The maximum absolute atomic E-state index is 11.9. The average Bonchev–Trinajstić information content (AvgIpc) is 2.87. The van der Waals surface area contributed by atoms with E-state index < -0.39 is 30.6 Å². The van der Waals surface area contributed by atoms with E-state index in [0.29, 0.717) is 0 Å². The molecule has 21 heavy (non-hydrogen) atoms. The summed E-state index contributed by atoms with van der Waals surface area (Å²) in [5.41, 5.74) is 7.62. The number of nitrogens with two attached hydrogens (primary N) is 1. The van der Waals surface area contributed by atoms with Gasteiger partial charge in [-0.3, -0.25) is 4.79 Å². The first kappa shape index (κ1) is 15.0. The highest BCUT2D eigenvalue weighted by molar-refractivity contribution is 5.88. The zero-order chi connectivity index (χ0) is 15.4. The minimum Gasteiger partial charge on any atom is -0.480 e. The fraction of sp³-hybridized carbons (Fsp3) is 0.286. The highest BCUT2D eigenvalue weighted by atomic mass is 16.4. The lowest BCUT2D eigenvalue weighted by Gasteiger charge is -2.15. The zero-order valence-electron chi connectivity index (χ0n) is 11.2. The SMILES string of the molecule is N[C@@H](Cc1c[nH]c2ccccc12)C(=O)N[C@H](CO)C(=O)O. The lowest BCUT2D eigenvalue weighted by atomic mass is 10.0. The Morgan fingerprint density at radius 2 is 2.05 bits per heavy atom. The summed E-state index contributed by atoms with van der Waals surface area (Å²) >= 11 is 0. The molecule has 0 bridgehead atoms. The number of amides is 1. The first-order valence-electron chi connectivity index (χ1n) is 6.47. The Hall–Kier alpha value is -2.38. The van der Waals surface area contributed by atoms with E-state index >= 15 is 0 Å². The number of benzene rings is 1. The molecule has 0 saturated carbocycles. The Morgan fingerprint density at radius 1 is 1.33 bits per heavy atom. The van der Waals surface area contributed by atoms with Crippen molar-refractivity contribution in [3.05, 3.63) is 36.0 Å². The van der Waals surface area contributed by atoms with Crippen LogP contribution in [-0.4, -0.2) is 45.8 Å². The molecule has 0 aliphatic rings. The molecule has 0 fully saturated rings. The summed E-state index contributed by atoms with van der Waals surface area (Å²) in [4.78, 5) is 25.7. The minimum absolute atomic E-state index is 0.271. The van der Waals surface area contributed by atoms with Crippen LogP contribution in [0, 0.1) is 0 Å². The number of nitrogens with one attached hydrogen (secondary N) is 2. The minimum atomic E-state index is -1.34. The normalized spacial score (nSPS) is 13.8. The Kier molecular flexibility index (Phi) is 4.56. The standard InChI is InChI=1S/C14H17N3O4/c15-10(13(19)17-12(7-18)14(20)21)5-8-6-16-11-4-2-1-3-9(8)11/h1-4,6,10,12,16,18H,5,7,15H2,(H,17,19)(H,20,21)/t10-,12+/m0/s1. The van der Waals surface area contributed by atoms with Crippen molar-refractivity contribution >= 4 is 22.8 Å². The third kappa shape index (κ3) is 3.39. The number of aliphatic carboxylic acids is 1. The van der Waals surface area contributed by atoms with Crippen molar-refractivity contribution in [1.29, 1.82) is 0 Å². The molecule has 0 saturated heterocycles. The number of rotatable bonds is 6. The van der Waals surface area contributed by atoms with Crippen molar-refractivity contribution in [3.8, 4) is 0 Å². The third-order valence-electron chi connectivity index (χ3n) is 3.25. The van der Waals surface area contributed by atoms with E-state index in [-0.39, 0.29) is 6.42 Å². The van der Waals surface area contributed by atoms with E-state index in [1.807, 2.05) is 24.3 Å². The molecule has 2 aromatic rings.